The van der Waals surface area contributed by atoms with Crippen molar-refractivity contribution < 1.29 is 45.8 Å². The van der Waals surface area contributed by atoms with Crippen molar-refractivity contribution in [2.45, 2.75) is 26.7 Å². The largest absolute Gasteiger partial charge is 1.00 e. The summed E-state index contributed by atoms with van der Waals surface area (Å²) in [4.78, 5) is 0. The molecule has 0 saturated heterocycles. The molecule has 16 heavy (non-hydrogen) atoms. The average molecular weight is 422 g/mol. The summed E-state index contributed by atoms with van der Waals surface area (Å²) in [5.74, 6) is 0. The Morgan fingerprint density at radius 3 is 1.62 bits per heavy atom. The molecule has 0 aromatic heterocycles. The minimum atomic E-state index is -1.69. The van der Waals surface area contributed by atoms with Crippen LogP contribution in [-0.2, 0) is 21.0 Å². The van der Waals surface area contributed by atoms with Crippen LogP contribution >= 0.6 is 0 Å². The molecule has 0 fully saturated rings. The Morgan fingerprint density at radius 1 is 0.938 bits per heavy atom. The first-order valence-corrected chi connectivity index (χ1v) is 10.6. The van der Waals surface area contributed by atoms with Crippen molar-refractivity contribution in [2.75, 3.05) is 0 Å². The van der Waals surface area contributed by atoms with E-state index in [1.165, 1.54) is 12.8 Å². The van der Waals surface area contributed by atoms with Gasteiger partial charge < -0.3 is 24.8 Å². The molecule has 0 spiro atoms. The molecule has 0 atom stereocenters. The number of hydrogen-bond donors (Lipinski definition) is 0. The summed E-state index contributed by atoms with van der Waals surface area (Å²) in [6.07, 6.45) is 16.2. The summed E-state index contributed by atoms with van der Waals surface area (Å²) < 4.78 is 5.26. The van der Waals surface area contributed by atoms with Crippen molar-refractivity contribution in [3.05, 3.63) is 43.1 Å². The third-order valence-corrected chi connectivity index (χ3v) is 13.6. The van der Waals surface area contributed by atoms with Gasteiger partial charge in [0.2, 0.25) is 0 Å². The Balaban J connectivity index is 0.00000112. The topological polar surface area (TPSA) is 0 Å². The van der Waals surface area contributed by atoms with Gasteiger partial charge in [0.05, 0.1) is 0 Å². The van der Waals surface area contributed by atoms with E-state index in [1.807, 2.05) is 0 Å². The standard InChI is InChI=1S/2C5H5.C3H6.2ClH.Hf/c2*1-2-4-5-3-1;1-3-2;;;/h2*1-3H,4H2;1-2H3;2*1H;/q;;;;;+2/p-2. The molecule has 0 aromatic rings. The van der Waals surface area contributed by atoms with E-state index in [4.69, 9.17) is 0 Å². The number of allylic oxidation sites excluding steroid dienone is 8. The second kappa shape index (κ2) is 7.58. The number of rotatable bonds is 2. The van der Waals surface area contributed by atoms with Crippen molar-refractivity contribution in [1.82, 2.24) is 0 Å². The van der Waals surface area contributed by atoms with E-state index < -0.39 is 21.0 Å². The first-order chi connectivity index (χ1) is 6.79. The molecule has 0 saturated carbocycles. The summed E-state index contributed by atoms with van der Waals surface area (Å²) >= 11 is -1.69. The summed E-state index contributed by atoms with van der Waals surface area (Å²) in [6.45, 7) is 4.67. The SMILES string of the molecule is C[C](C)=[Hf+2]([C]1=CC=CC1)[C]1=CC=CC1.[Cl-].[Cl-]. The van der Waals surface area contributed by atoms with E-state index in [0.717, 1.165) is 0 Å². The van der Waals surface area contributed by atoms with Gasteiger partial charge in [0.25, 0.3) is 0 Å². The summed E-state index contributed by atoms with van der Waals surface area (Å²) in [5.41, 5.74) is 0. The molecule has 0 bridgehead atoms. The maximum absolute atomic E-state index is 2.37. The quantitative estimate of drug-likeness (QED) is 0.433. The van der Waals surface area contributed by atoms with Gasteiger partial charge in [-0.2, -0.15) is 0 Å². The van der Waals surface area contributed by atoms with Crippen molar-refractivity contribution >= 4 is 3.26 Å². The Kier molecular flexibility index (Phi) is 7.71. The predicted octanol–water partition coefficient (Wildman–Crippen LogP) is -2.49. The van der Waals surface area contributed by atoms with Crippen LogP contribution in [0.4, 0.5) is 0 Å². The van der Waals surface area contributed by atoms with Gasteiger partial charge in [0, 0.05) is 0 Å². The molecule has 0 aromatic carbocycles. The molecular weight excluding hydrogens is 406 g/mol. The molecular formula is C13H16Cl2Hf. The zero-order valence-corrected chi connectivity index (χ0v) is 14.7. The number of halogens is 2. The van der Waals surface area contributed by atoms with Gasteiger partial charge in [-0.15, -0.1) is 0 Å². The summed E-state index contributed by atoms with van der Waals surface area (Å²) in [6, 6.07) is 0. The van der Waals surface area contributed by atoms with Crippen LogP contribution in [-0.4, -0.2) is 3.26 Å². The monoisotopic (exact) mass is 422 g/mol. The smallest absolute Gasteiger partial charge is 1.00 e. The van der Waals surface area contributed by atoms with Gasteiger partial charge in [-0.05, 0) is 0 Å². The van der Waals surface area contributed by atoms with Gasteiger partial charge in [-0.3, -0.25) is 0 Å². The molecule has 0 heterocycles. The summed E-state index contributed by atoms with van der Waals surface area (Å²) in [7, 11) is 0. The van der Waals surface area contributed by atoms with Gasteiger partial charge in [0.1, 0.15) is 0 Å². The maximum Gasteiger partial charge on any atom is -1.00 e. The molecule has 0 N–H and O–H groups in total. The van der Waals surface area contributed by atoms with Gasteiger partial charge in [-0.25, -0.2) is 0 Å². The van der Waals surface area contributed by atoms with E-state index in [2.05, 4.69) is 50.3 Å². The van der Waals surface area contributed by atoms with Crippen LogP contribution in [0.25, 0.3) is 0 Å². The van der Waals surface area contributed by atoms with Crippen molar-refractivity contribution in [2.24, 2.45) is 0 Å². The van der Waals surface area contributed by atoms with Crippen LogP contribution in [0.1, 0.15) is 26.7 Å². The van der Waals surface area contributed by atoms with E-state index in [1.54, 1.807) is 9.91 Å². The van der Waals surface area contributed by atoms with Crippen molar-refractivity contribution in [3.8, 4) is 0 Å². The Bertz CT molecular complexity index is 362. The molecule has 86 valence electrons. The van der Waals surface area contributed by atoms with Crippen LogP contribution in [0.2, 0.25) is 0 Å². The zero-order chi connectivity index (χ0) is 9.97. The van der Waals surface area contributed by atoms with Crippen LogP contribution in [0.3, 0.4) is 0 Å². The first kappa shape index (κ1) is 16.3. The number of hydrogen-bond acceptors (Lipinski definition) is 0. The summed E-state index contributed by atoms with van der Waals surface area (Å²) in [5, 5.41) is 0. The Morgan fingerprint density at radius 2 is 1.38 bits per heavy atom. The minimum Gasteiger partial charge on any atom is -1.00 e. The molecule has 2 aliphatic carbocycles. The van der Waals surface area contributed by atoms with Crippen molar-refractivity contribution in [1.29, 1.82) is 0 Å². The van der Waals surface area contributed by atoms with Crippen molar-refractivity contribution in [3.63, 3.8) is 0 Å². The Labute approximate surface area is 118 Å². The normalized spacial score (nSPS) is 15.6. The Hall–Kier alpha value is 0.280. The van der Waals surface area contributed by atoms with E-state index in [0.29, 0.717) is 0 Å². The maximum atomic E-state index is 2.37. The van der Waals surface area contributed by atoms with E-state index in [-0.39, 0.29) is 24.8 Å². The average Bonchev–Trinajstić information content (AvgIpc) is 2.75. The molecule has 0 aliphatic heterocycles. The molecule has 0 nitrogen and oxygen atoms in total. The van der Waals surface area contributed by atoms with E-state index in [9.17, 15) is 0 Å². The third kappa shape index (κ3) is 3.65. The second-order valence-corrected chi connectivity index (χ2v) is 14.9. The molecule has 0 radical (unpaired) electrons. The predicted molar refractivity (Wildman–Crippen MR) is 60.0 cm³/mol. The fraction of sp³-hybridized carbons (Fsp3) is 0.308. The third-order valence-electron chi connectivity index (χ3n) is 2.68. The molecule has 3 heteroatoms. The molecule has 2 rings (SSSR count). The van der Waals surface area contributed by atoms with E-state index >= 15 is 0 Å². The molecule has 0 amide bonds. The van der Waals surface area contributed by atoms with Crippen LogP contribution < -0.4 is 24.8 Å². The molecule has 0 unspecified atom stereocenters. The van der Waals surface area contributed by atoms with Crippen LogP contribution in [0.15, 0.2) is 43.1 Å². The molecule has 2 aliphatic rings. The zero-order valence-electron chi connectivity index (χ0n) is 9.63. The van der Waals surface area contributed by atoms with Gasteiger partial charge in [-0.1, -0.05) is 0 Å². The van der Waals surface area contributed by atoms with Crippen LogP contribution in [0, 0.1) is 0 Å². The van der Waals surface area contributed by atoms with Gasteiger partial charge in [0.15, 0.2) is 0 Å². The first-order valence-electron chi connectivity index (χ1n) is 5.18. The van der Waals surface area contributed by atoms with Crippen LogP contribution in [0.5, 0.6) is 0 Å². The fourth-order valence-corrected chi connectivity index (χ4v) is 12.4. The minimum absolute atomic E-state index is 0. The second-order valence-electron chi connectivity index (χ2n) is 4.02. The van der Waals surface area contributed by atoms with Gasteiger partial charge >= 0.3 is 94.0 Å². The fourth-order valence-electron chi connectivity index (χ4n) is 2.11.